The summed E-state index contributed by atoms with van der Waals surface area (Å²) in [5.41, 5.74) is 2.61. The number of carbonyl (C=O) groups excluding carboxylic acids is 1. The van der Waals surface area contributed by atoms with E-state index in [0.717, 1.165) is 38.1 Å². The van der Waals surface area contributed by atoms with Crippen molar-refractivity contribution < 1.29 is 9.53 Å². The minimum atomic E-state index is 0.0503. The summed E-state index contributed by atoms with van der Waals surface area (Å²) >= 11 is 0. The second kappa shape index (κ2) is 8.99. The maximum absolute atomic E-state index is 12.6. The number of ether oxygens (including phenoxy) is 1. The van der Waals surface area contributed by atoms with Crippen LogP contribution >= 0.6 is 0 Å². The zero-order chi connectivity index (χ0) is 20.1. The van der Waals surface area contributed by atoms with Crippen molar-refractivity contribution in [3.63, 3.8) is 0 Å². The first-order valence-corrected chi connectivity index (χ1v) is 10.4. The summed E-state index contributed by atoms with van der Waals surface area (Å²) in [6.45, 7) is 2.27. The third-order valence-electron chi connectivity index (χ3n) is 5.90. The molecule has 4 rings (SSSR count). The molecule has 1 heterocycles. The van der Waals surface area contributed by atoms with E-state index in [4.69, 9.17) is 4.74 Å². The molecule has 0 aliphatic carbocycles. The first-order chi connectivity index (χ1) is 14.2. The highest BCUT2D eigenvalue weighted by Crippen LogP contribution is 2.28. The average Bonchev–Trinajstić information content (AvgIpc) is 2.79. The van der Waals surface area contributed by atoms with Gasteiger partial charge in [-0.2, -0.15) is 0 Å². The van der Waals surface area contributed by atoms with Gasteiger partial charge >= 0.3 is 6.03 Å². The summed E-state index contributed by atoms with van der Waals surface area (Å²) in [5, 5.41) is 5.48. The van der Waals surface area contributed by atoms with Crippen LogP contribution in [0.1, 0.15) is 29.9 Å². The van der Waals surface area contributed by atoms with Crippen molar-refractivity contribution >= 4 is 16.8 Å². The SMILES string of the molecule is COc1ccc2cccc(CCNC(=O)N3CCC(c4ccccc4)CC3)c2c1. The van der Waals surface area contributed by atoms with Crippen LogP contribution in [0.3, 0.4) is 0 Å². The van der Waals surface area contributed by atoms with Gasteiger partial charge in [-0.25, -0.2) is 4.79 Å². The van der Waals surface area contributed by atoms with Crippen LogP contribution in [-0.2, 0) is 6.42 Å². The number of urea groups is 1. The van der Waals surface area contributed by atoms with Crippen LogP contribution < -0.4 is 10.1 Å². The maximum atomic E-state index is 12.6. The normalized spacial score (nSPS) is 14.7. The number of carbonyl (C=O) groups is 1. The topological polar surface area (TPSA) is 41.6 Å². The Morgan fingerprint density at radius 3 is 2.59 bits per heavy atom. The van der Waals surface area contributed by atoms with E-state index in [9.17, 15) is 4.79 Å². The molecule has 29 heavy (non-hydrogen) atoms. The zero-order valence-corrected chi connectivity index (χ0v) is 16.9. The summed E-state index contributed by atoms with van der Waals surface area (Å²) in [6.07, 6.45) is 2.86. The number of methoxy groups -OCH3 is 1. The number of nitrogens with one attached hydrogen (secondary N) is 1. The Kier molecular flexibility index (Phi) is 5.99. The van der Waals surface area contributed by atoms with Crippen LogP contribution in [0.2, 0.25) is 0 Å². The van der Waals surface area contributed by atoms with Gasteiger partial charge in [-0.15, -0.1) is 0 Å². The van der Waals surface area contributed by atoms with Crippen LogP contribution in [-0.4, -0.2) is 37.7 Å². The van der Waals surface area contributed by atoms with Gasteiger partial charge in [-0.3, -0.25) is 0 Å². The molecule has 150 valence electrons. The Balaban J connectivity index is 1.30. The van der Waals surface area contributed by atoms with Crippen molar-refractivity contribution in [2.45, 2.75) is 25.2 Å². The minimum absolute atomic E-state index is 0.0503. The largest absolute Gasteiger partial charge is 0.497 e. The summed E-state index contributed by atoms with van der Waals surface area (Å²) < 4.78 is 5.36. The highest BCUT2D eigenvalue weighted by molar-refractivity contribution is 5.87. The second-order valence-electron chi connectivity index (χ2n) is 7.66. The first kappa shape index (κ1) is 19.3. The molecular formula is C25H28N2O2. The summed E-state index contributed by atoms with van der Waals surface area (Å²) in [6, 6.07) is 23.1. The number of piperidine rings is 1. The van der Waals surface area contributed by atoms with E-state index >= 15 is 0 Å². The Morgan fingerprint density at radius 2 is 1.83 bits per heavy atom. The second-order valence-corrected chi connectivity index (χ2v) is 7.66. The van der Waals surface area contributed by atoms with Gasteiger partial charge in [0.25, 0.3) is 0 Å². The average molecular weight is 389 g/mol. The monoisotopic (exact) mass is 388 g/mol. The number of fused-ring (bicyclic) bond motifs is 1. The lowest BCUT2D eigenvalue weighted by atomic mass is 9.90. The molecule has 0 bridgehead atoms. The van der Waals surface area contributed by atoms with Gasteiger partial charge in [-0.05, 0) is 59.2 Å². The Labute approximate surface area is 172 Å². The number of amides is 2. The Bertz CT molecular complexity index is 963. The molecule has 0 unspecified atom stereocenters. The van der Waals surface area contributed by atoms with E-state index in [0.29, 0.717) is 12.5 Å². The molecule has 1 aliphatic heterocycles. The minimum Gasteiger partial charge on any atom is -0.497 e. The van der Waals surface area contributed by atoms with Gasteiger partial charge in [0, 0.05) is 19.6 Å². The van der Waals surface area contributed by atoms with Crippen molar-refractivity contribution in [3.8, 4) is 5.75 Å². The van der Waals surface area contributed by atoms with E-state index in [-0.39, 0.29) is 6.03 Å². The Morgan fingerprint density at radius 1 is 1.03 bits per heavy atom. The number of likely N-dealkylation sites (tertiary alicyclic amines) is 1. The Hall–Kier alpha value is -3.01. The molecule has 1 saturated heterocycles. The van der Waals surface area contributed by atoms with Crippen molar-refractivity contribution in [1.82, 2.24) is 10.2 Å². The van der Waals surface area contributed by atoms with Crippen molar-refractivity contribution in [3.05, 3.63) is 77.9 Å². The van der Waals surface area contributed by atoms with Gasteiger partial charge in [-0.1, -0.05) is 54.6 Å². The van der Waals surface area contributed by atoms with Gasteiger partial charge in [0.1, 0.15) is 5.75 Å². The quantitative estimate of drug-likeness (QED) is 0.670. The standard InChI is InChI=1S/C25H28N2O2/c1-29-23-11-10-21-8-5-9-22(24(21)18-23)12-15-26-25(28)27-16-13-20(14-17-27)19-6-3-2-4-7-19/h2-11,18,20H,12-17H2,1H3,(H,26,28). The lowest BCUT2D eigenvalue weighted by Crippen LogP contribution is -2.44. The van der Waals surface area contributed by atoms with Crippen LogP contribution in [0.4, 0.5) is 4.79 Å². The van der Waals surface area contributed by atoms with Crippen molar-refractivity contribution in [2.24, 2.45) is 0 Å². The molecule has 0 atom stereocenters. The fourth-order valence-corrected chi connectivity index (χ4v) is 4.22. The summed E-state index contributed by atoms with van der Waals surface area (Å²) in [5.74, 6) is 1.42. The molecule has 1 N–H and O–H groups in total. The number of hydrogen-bond donors (Lipinski definition) is 1. The van der Waals surface area contributed by atoms with Gasteiger partial charge < -0.3 is 15.0 Å². The molecule has 0 aromatic heterocycles. The van der Waals surface area contributed by atoms with E-state index in [1.165, 1.54) is 21.9 Å². The predicted molar refractivity (Wildman–Crippen MR) is 118 cm³/mol. The molecule has 2 amide bonds. The van der Waals surface area contributed by atoms with E-state index in [1.807, 2.05) is 11.0 Å². The number of benzene rings is 3. The van der Waals surface area contributed by atoms with Crippen LogP contribution in [0, 0.1) is 0 Å². The predicted octanol–water partition coefficient (Wildman–Crippen LogP) is 4.98. The van der Waals surface area contributed by atoms with Crippen LogP contribution in [0.5, 0.6) is 5.75 Å². The lowest BCUT2D eigenvalue weighted by molar-refractivity contribution is 0.181. The molecular weight excluding hydrogens is 360 g/mol. The highest BCUT2D eigenvalue weighted by Gasteiger charge is 2.23. The number of rotatable bonds is 5. The number of nitrogens with zero attached hydrogens (tertiary/aromatic N) is 1. The van der Waals surface area contributed by atoms with Crippen LogP contribution in [0.25, 0.3) is 10.8 Å². The highest BCUT2D eigenvalue weighted by atomic mass is 16.5. The fourth-order valence-electron chi connectivity index (χ4n) is 4.22. The van der Waals surface area contributed by atoms with Crippen molar-refractivity contribution in [2.75, 3.05) is 26.7 Å². The van der Waals surface area contributed by atoms with Gasteiger partial charge in [0.2, 0.25) is 0 Å². The summed E-state index contributed by atoms with van der Waals surface area (Å²) in [4.78, 5) is 14.5. The molecule has 4 nitrogen and oxygen atoms in total. The molecule has 3 aromatic carbocycles. The maximum Gasteiger partial charge on any atom is 0.317 e. The molecule has 0 saturated carbocycles. The van der Waals surface area contributed by atoms with Gasteiger partial charge in [0.05, 0.1) is 7.11 Å². The fraction of sp³-hybridized carbons (Fsp3) is 0.320. The molecule has 3 aromatic rings. The van der Waals surface area contributed by atoms with E-state index < -0.39 is 0 Å². The van der Waals surface area contributed by atoms with Crippen LogP contribution in [0.15, 0.2) is 66.7 Å². The third kappa shape index (κ3) is 4.53. The number of hydrogen-bond acceptors (Lipinski definition) is 2. The zero-order valence-electron chi connectivity index (χ0n) is 16.9. The molecule has 1 fully saturated rings. The van der Waals surface area contributed by atoms with Gasteiger partial charge in [0.15, 0.2) is 0 Å². The van der Waals surface area contributed by atoms with Crippen molar-refractivity contribution in [1.29, 1.82) is 0 Å². The lowest BCUT2D eigenvalue weighted by Gasteiger charge is -2.32. The molecule has 1 aliphatic rings. The molecule has 4 heteroatoms. The third-order valence-corrected chi connectivity index (χ3v) is 5.90. The first-order valence-electron chi connectivity index (χ1n) is 10.4. The van der Waals surface area contributed by atoms with E-state index in [2.05, 4.69) is 66.0 Å². The molecule has 0 spiro atoms. The van der Waals surface area contributed by atoms with E-state index in [1.54, 1.807) is 7.11 Å². The summed E-state index contributed by atoms with van der Waals surface area (Å²) in [7, 11) is 1.69. The smallest absolute Gasteiger partial charge is 0.317 e. The molecule has 0 radical (unpaired) electrons.